The summed E-state index contributed by atoms with van der Waals surface area (Å²) in [5.41, 5.74) is 1.76. The number of phenols is 1. The smallest absolute Gasteiger partial charge is 0.300 e. The zero-order chi connectivity index (χ0) is 24.6. The van der Waals surface area contributed by atoms with Crippen LogP contribution in [0.3, 0.4) is 0 Å². The standard InChI is InChI=1S/C27H24FNO5/c1-15(2)21-14-17(7-12-22(21)34-3)25(31)23-24(16-5-4-6-20(30)13-16)29(27(33)26(23)32)19-10-8-18(28)9-11-19/h4-15,24,30-31H,1-3H3/b25-23-. The monoisotopic (exact) mass is 461 g/mol. The molecule has 0 bridgehead atoms. The van der Waals surface area contributed by atoms with Gasteiger partial charge >= 0.3 is 0 Å². The number of benzene rings is 3. The first-order chi connectivity index (χ1) is 16.2. The molecule has 6 nitrogen and oxygen atoms in total. The van der Waals surface area contributed by atoms with Crippen molar-refractivity contribution in [3.63, 3.8) is 0 Å². The number of hydrogen-bond acceptors (Lipinski definition) is 5. The highest BCUT2D eigenvalue weighted by Crippen LogP contribution is 2.43. The average Bonchev–Trinajstić information content (AvgIpc) is 3.09. The molecule has 1 saturated heterocycles. The Labute approximate surface area is 196 Å². The van der Waals surface area contributed by atoms with Crippen molar-refractivity contribution in [2.45, 2.75) is 25.8 Å². The summed E-state index contributed by atoms with van der Waals surface area (Å²) >= 11 is 0. The predicted octanol–water partition coefficient (Wildman–Crippen LogP) is 5.29. The van der Waals surface area contributed by atoms with Crippen LogP contribution < -0.4 is 9.64 Å². The number of carbonyl (C=O) groups excluding carboxylic acids is 2. The van der Waals surface area contributed by atoms with E-state index in [1.807, 2.05) is 13.8 Å². The highest BCUT2D eigenvalue weighted by Gasteiger charge is 2.47. The second-order valence-corrected chi connectivity index (χ2v) is 8.35. The van der Waals surface area contributed by atoms with E-state index in [9.17, 15) is 24.2 Å². The molecule has 4 rings (SSSR count). The Bertz CT molecular complexity index is 1300. The van der Waals surface area contributed by atoms with E-state index < -0.39 is 23.5 Å². The number of carbonyl (C=O) groups is 2. The van der Waals surface area contributed by atoms with Gasteiger partial charge in [-0.25, -0.2) is 4.39 Å². The minimum absolute atomic E-state index is 0.0614. The lowest BCUT2D eigenvalue weighted by Gasteiger charge is -2.25. The SMILES string of the molecule is COc1ccc(/C(O)=C2/C(=O)C(=O)N(c3ccc(F)cc3)C2c2cccc(O)c2)cc1C(C)C. The molecule has 1 fully saturated rings. The minimum Gasteiger partial charge on any atom is -0.508 e. The molecule has 34 heavy (non-hydrogen) atoms. The number of methoxy groups -OCH3 is 1. The van der Waals surface area contributed by atoms with Crippen molar-refractivity contribution in [3.05, 3.63) is 94.8 Å². The Balaban J connectivity index is 1.95. The van der Waals surface area contributed by atoms with Crippen LogP contribution in [0, 0.1) is 5.82 Å². The van der Waals surface area contributed by atoms with Crippen LogP contribution in [0.15, 0.2) is 72.3 Å². The van der Waals surface area contributed by atoms with E-state index in [1.165, 1.54) is 41.3 Å². The van der Waals surface area contributed by atoms with Gasteiger partial charge in [0.25, 0.3) is 11.7 Å². The van der Waals surface area contributed by atoms with Crippen molar-refractivity contribution >= 4 is 23.1 Å². The molecular formula is C27H24FNO5. The Morgan fingerprint density at radius 1 is 1.03 bits per heavy atom. The third-order valence-corrected chi connectivity index (χ3v) is 5.86. The fraction of sp³-hybridized carbons (Fsp3) is 0.185. The molecule has 0 radical (unpaired) electrons. The maximum atomic E-state index is 13.5. The van der Waals surface area contributed by atoms with E-state index in [0.717, 1.165) is 5.56 Å². The van der Waals surface area contributed by atoms with Crippen LogP contribution in [0.25, 0.3) is 5.76 Å². The Morgan fingerprint density at radius 3 is 2.35 bits per heavy atom. The van der Waals surface area contributed by atoms with Crippen molar-refractivity contribution in [2.24, 2.45) is 0 Å². The predicted molar refractivity (Wildman–Crippen MR) is 126 cm³/mol. The van der Waals surface area contributed by atoms with Gasteiger partial charge < -0.3 is 14.9 Å². The molecule has 0 aliphatic carbocycles. The maximum absolute atomic E-state index is 13.5. The number of aliphatic hydroxyl groups excluding tert-OH is 1. The maximum Gasteiger partial charge on any atom is 0.300 e. The van der Waals surface area contributed by atoms with Gasteiger partial charge in [0, 0.05) is 11.3 Å². The first kappa shape index (κ1) is 23.0. The van der Waals surface area contributed by atoms with E-state index in [1.54, 1.807) is 37.4 Å². The number of anilines is 1. The van der Waals surface area contributed by atoms with Crippen molar-refractivity contribution in [3.8, 4) is 11.5 Å². The second kappa shape index (κ2) is 9.02. The van der Waals surface area contributed by atoms with Gasteiger partial charge in [-0.3, -0.25) is 14.5 Å². The largest absolute Gasteiger partial charge is 0.508 e. The topological polar surface area (TPSA) is 87.1 Å². The molecule has 0 saturated carbocycles. The first-order valence-electron chi connectivity index (χ1n) is 10.8. The normalized spacial score (nSPS) is 17.4. The molecule has 1 atom stereocenters. The third-order valence-electron chi connectivity index (χ3n) is 5.86. The van der Waals surface area contributed by atoms with Crippen LogP contribution in [0.4, 0.5) is 10.1 Å². The van der Waals surface area contributed by atoms with Crippen molar-refractivity contribution in [1.29, 1.82) is 0 Å². The van der Waals surface area contributed by atoms with Gasteiger partial charge in [-0.2, -0.15) is 0 Å². The Hall–Kier alpha value is -4.13. The van der Waals surface area contributed by atoms with Gasteiger partial charge in [-0.1, -0.05) is 26.0 Å². The van der Waals surface area contributed by atoms with Gasteiger partial charge in [0.05, 0.1) is 18.7 Å². The molecule has 3 aromatic rings. The molecular weight excluding hydrogens is 437 g/mol. The van der Waals surface area contributed by atoms with Crippen LogP contribution in [-0.2, 0) is 9.59 Å². The zero-order valence-corrected chi connectivity index (χ0v) is 18.9. The summed E-state index contributed by atoms with van der Waals surface area (Å²) < 4.78 is 19.0. The fourth-order valence-electron chi connectivity index (χ4n) is 4.20. The molecule has 0 spiro atoms. The highest BCUT2D eigenvalue weighted by molar-refractivity contribution is 6.51. The summed E-state index contributed by atoms with van der Waals surface area (Å²) in [5.74, 6) is -1.92. The quantitative estimate of drug-likeness (QED) is 0.306. The number of aliphatic hydroxyl groups is 1. The molecule has 1 amide bonds. The number of aromatic hydroxyl groups is 1. The molecule has 7 heteroatoms. The lowest BCUT2D eigenvalue weighted by atomic mass is 9.93. The number of rotatable bonds is 5. The number of ketones is 1. The summed E-state index contributed by atoms with van der Waals surface area (Å²) in [4.78, 5) is 27.6. The highest BCUT2D eigenvalue weighted by atomic mass is 19.1. The van der Waals surface area contributed by atoms with Crippen LogP contribution in [-0.4, -0.2) is 29.0 Å². The van der Waals surface area contributed by atoms with Gasteiger partial charge in [-0.15, -0.1) is 0 Å². The number of phenolic OH excluding ortho intramolecular Hbond substituents is 1. The summed E-state index contributed by atoms with van der Waals surface area (Å²) in [5, 5.41) is 21.4. The summed E-state index contributed by atoms with van der Waals surface area (Å²) in [6, 6.07) is 15.3. The summed E-state index contributed by atoms with van der Waals surface area (Å²) in [6.07, 6.45) is 0. The van der Waals surface area contributed by atoms with E-state index in [4.69, 9.17) is 4.74 Å². The molecule has 174 valence electrons. The molecule has 1 unspecified atom stereocenters. The lowest BCUT2D eigenvalue weighted by Crippen LogP contribution is -2.29. The summed E-state index contributed by atoms with van der Waals surface area (Å²) in [6.45, 7) is 3.95. The first-order valence-corrected chi connectivity index (χ1v) is 10.8. The van der Waals surface area contributed by atoms with Crippen LogP contribution in [0.1, 0.15) is 42.5 Å². The number of nitrogens with zero attached hydrogens (tertiary/aromatic N) is 1. The second-order valence-electron chi connectivity index (χ2n) is 8.35. The molecule has 1 heterocycles. The molecule has 0 aromatic heterocycles. The van der Waals surface area contributed by atoms with Crippen LogP contribution >= 0.6 is 0 Å². The zero-order valence-electron chi connectivity index (χ0n) is 18.9. The van der Waals surface area contributed by atoms with Gasteiger partial charge in [0.1, 0.15) is 23.1 Å². The minimum atomic E-state index is -1.03. The molecule has 1 aliphatic heterocycles. The number of ether oxygens (including phenoxy) is 1. The number of hydrogen-bond donors (Lipinski definition) is 2. The van der Waals surface area contributed by atoms with Crippen LogP contribution in [0.2, 0.25) is 0 Å². The fourth-order valence-corrected chi connectivity index (χ4v) is 4.20. The van der Waals surface area contributed by atoms with E-state index in [-0.39, 0.29) is 28.7 Å². The van der Waals surface area contributed by atoms with Crippen molar-refractivity contribution < 1.29 is 28.9 Å². The van der Waals surface area contributed by atoms with E-state index >= 15 is 0 Å². The third kappa shape index (κ3) is 4.01. The molecule has 3 aromatic carbocycles. The molecule has 1 aliphatic rings. The van der Waals surface area contributed by atoms with Crippen molar-refractivity contribution in [2.75, 3.05) is 12.0 Å². The van der Waals surface area contributed by atoms with E-state index in [2.05, 4.69) is 0 Å². The van der Waals surface area contributed by atoms with Gasteiger partial charge in [-0.05, 0) is 71.6 Å². The Kier molecular flexibility index (Phi) is 6.11. The Morgan fingerprint density at radius 2 is 1.74 bits per heavy atom. The van der Waals surface area contributed by atoms with Gasteiger partial charge in [0.15, 0.2) is 0 Å². The van der Waals surface area contributed by atoms with Crippen molar-refractivity contribution in [1.82, 2.24) is 0 Å². The molecule has 2 N–H and O–H groups in total. The van der Waals surface area contributed by atoms with Gasteiger partial charge in [0.2, 0.25) is 0 Å². The average molecular weight is 461 g/mol. The number of Topliss-reactive ketones (excluding diaryl/α,β-unsaturated/α-hetero) is 1. The van der Waals surface area contributed by atoms with Crippen LogP contribution in [0.5, 0.6) is 11.5 Å². The summed E-state index contributed by atoms with van der Waals surface area (Å²) in [7, 11) is 1.55. The number of amides is 1. The van der Waals surface area contributed by atoms with E-state index in [0.29, 0.717) is 16.9 Å². The lowest BCUT2D eigenvalue weighted by molar-refractivity contribution is -0.132. The number of halogens is 1.